The minimum absolute atomic E-state index is 0.0274. The Morgan fingerprint density at radius 3 is 2.24 bits per heavy atom. The van der Waals surface area contributed by atoms with Crippen LogP contribution in [0.5, 0.6) is 5.75 Å². The molecule has 4 rings (SSSR count). The number of imide groups is 1. The molecule has 0 spiro atoms. The number of nitrogens with one attached hydrogen (secondary N) is 2. The monoisotopic (exact) mass is 501 g/mol. The molecule has 0 fully saturated rings. The zero-order chi connectivity index (χ0) is 26.2. The van der Waals surface area contributed by atoms with Crippen molar-refractivity contribution in [3.8, 4) is 5.75 Å². The second-order valence-corrected chi connectivity index (χ2v) is 8.97. The minimum Gasteiger partial charge on any atom is -0.497 e. The maximum absolute atomic E-state index is 12.9. The Labute approximate surface area is 216 Å². The largest absolute Gasteiger partial charge is 0.497 e. The number of aliphatic hydroxyl groups is 1. The molecule has 0 saturated heterocycles. The second kappa shape index (κ2) is 12.3. The van der Waals surface area contributed by atoms with E-state index in [9.17, 15) is 19.5 Å². The first-order chi connectivity index (χ1) is 18.0. The third-order valence-corrected chi connectivity index (χ3v) is 6.37. The summed E-state index contributed by atoms with van der Waals surface area (Å²) in [4.78, 5) is 39.1. The fourth-order valence-corrected chi connectivity index (χ4v) is 4.37. The van der Waals surface area contributed by atoms with Crippen molar-refractivity contribution in [3.63, 3.8) is 0 Å². The van der Waals surface area contributed by atoms with Crippen molar-refractivity contribution < 1.29 is 24.2 Å². The van der Waals surface area contributed by atoms with E-state index in [1.807, 2.05) is 54.6 Å². The highest BCUT2D eigenvalue weighted by molar-refractivity contribution is 6.21. The van der Waals surface area contributed by atoms with Gasteiger partial charge >= 0.3 is 0 Å². The van der Waals surface area contributed by atoms with E-state index in [1.54, 1.807) is 31.4 Å². The highest BCUT2D eigenvalue weighted by Gasteiger charge is 2.35. The quantitative estimate of drug-likeness (QED) is 0.329. The Kier molecular flexibility index (Phi) is 8.66. The number of nitrogens with zero attached hydrogens (tertiary/aromatic N) is 1. The van der Waals surface area contributed by atoms with E-state index in [4.69, 9.17) is 4.74 Å². The number of methoxy groups -OCH3 is 1. The highest BCUT2D eigenvalue weighted by Crippen LogP contribution is 2.22. The van der Waals surface area contributed by atoms with Crippen molar-refractivity contribution in [2.24, 2.45) is 0 Å². The number of rotatable bonds is 12. The third kappa shape index (κ3) is 6.61. The first-order valence-corrected chi connectivity index (χ1v) is 12.3. The molecule has 37 heavy (non-hydrogen) atoms. The van der Waals surface area contributed by atoms with Crippen molar-refractivity contribution >= 4 is 17.7 Å². The van der Waals surface area contributed by atoms with Gasteiger partial charge in [0, 0.05) is 26.1 Å². The number of ether oxygens (including phenoxy) is 1. The van der Waals surface area contributed by atoms with Gasteiger partial charge in [-0.05, 0) is 41.8 Å². The summed E-state index contributed by atoms with van der Waals surface area (Å²) in [5, 5.41) is 17.1. The molecule has 1 heterocycles. The minimum atomic E-state index is -0.867. The van der Waals surface area contributed by atoms with Gasteiger partial charge in [0.05, 0.1) is 30.4 Å². The predicted molar refractivity (Wildman–Crippen MR) is 139 cm³/mol. The molecule has 2 atom stereocenters. The molecule has 0 saturated carbocycles. The summed E-state index contributed by atoms with van der Waals surface area (Å²) in [6.07, 6.45) is -0.489. The molecule has 8 nitrogen and oxygen atoms in total. The summed E-state index contributed by atoms with van der Waals surface area (Å²) < 4.78 is 5.25. The van der Waals surface area contributed by atoms with Crippen LogP contribution in [0.15, 0.2) is 78.9 Å². The number of benzene rings is 3. The number of amides is 3. The van der Waals surface area contributed by atoms with Crippen molar-refractivity contribution in [2.75, 3.05) is 20.2 Å². The van der Waals surface area contributed by atoms with Crippen LogP contribution in [-0.2, 0) is 17.8 Å². The number of fused-ring (bicyclic) bond motifs is 1. The van der Waals surface area contributed by atoms with E-state index >= 15 is 0 Å². The number of hydrogen-bond acceptors (Lipinski definition) is 6. The van der Waals surface area contributed by atoms with E-state index in [-0.39, 0.29) is 25.4 Å². The van der Waals surface area contributed by atoms with Crippen molar-refractivity contribution in [3.05, 3.63) is 101 Å². The molecule has 0 radical (unpaired) electrons. The number of aliphatic hydroxyl groups excluding tert-OH is 1. The number of carbonyl (C=O) groups excluding carboxylic acids is 3. The van der Waals surface area contributed by atoms with Gasteiger partial charge in [0.25, 0.3) is 11.8 Å². The molecule has 3 N–H and O–H groups in total. The molecule has 8 heteroatoms. The Bertz CT molecular complexity index is 1210. The average Bonchev–Trinajstić information content (AvgIpc) is 3.17. The van der Waals surface area contributed by atoms with Crippen molar-refractivity contribution in [1.29, 1.82) is 0 Å². The average molecular weight is 502 g/mol. The molecule has 3 amide bonds. The van der Waals surface area contributed by atoms with Gasteiger partial charge in [-0.25, -0.2) is 0 Å². The van der Waals surface area contributed by atoms with Crippen LogP contribution in [0, 0.1) is 0 Å². The normalized spacial score (nSPS) is 14.3. The van der Waals surface area contributed by atoms with Gasteiger partial charge < -0.3 is 20.5 Å². The number of carbonyl (C=O) groups is 3. The fraction of sp³-hybridized carbons (Fsp3) is 0.276. The summed E-state index contributed by atoms with van der Waals surface area (Å²) in [5.41, 5.74) is 2.69. The van der Waals surface area contributed by atoms with Crippen LogP contribution in [-0.4, -0.2) is 60.1 Å². The Morgan fingerprint density at radius 1 is 0.919 bits per heavy atom. The molecule has 0 aromatic heterocycles. The van der Waals surface area contributed by atoms with Crippen LogP contribution in [0.2, 0.25) is 0 Å². The summed E-state index contributed by atoms with van der Waals surface area (Å²) >= 11 is 0. The maximum atomic E-state index is 12.9. The molecule has 3 aromatic rings. The lowest BCUT2D eigenvalue weighted by molar-refractivity contribution is -0.122. The topological polar surface area (TPSA) is 108 Å². The lowest BCUT2D eigenvalue weighted by atomic mass is 10.0. The van der Waals surface area contributed by atoms with E-state index in [0.717, 1.165) is 21.8 Å². The van der Waals surface area contributed by atoms with Crippen LogP contribution >= 0.6 is 0 Å². The highest BCUT2D eigenvalue weighted by atomic mass is 16.5. The standard InChI is InChI=1S/C29H31N3O5/c1-37-22-11-7-10-21(16-22)18-30-19-26(33)25(17-20-8-3-2-4-9-20)31-27(34)14-15-32-28(35)23-12-5-6-13-24(23)29(32)36/h2-13,16,25-26,30,33H,14-15,17-19H2,1H3,(H,31,34). The van der Waals surface area contributed by atoms with Crippen molar-refractivity contribution in [1.82, 2.24) is 15.5 Å². The molecule has 2 unspecified atom stereocenters. The summed E-state index contributed by atoms with van der Waals surface area (Å²) in [5.74, 6) is -0.372. The summed E-state index contributed by atoms with van der Waals surface area (Å²) in [7, 11) is 1.61. The fourth-order valence-electron chi connectivity index (χ4n) is 4.37. The molecule has 1 aliphatic heterocycles. The van der Waals surface area contributed by atoms with Crippen LogP contribution in [0.3, 0.4) is 0 Å². The predicted octanol–water partition coefficient (Wildman–Crippen LogP) is 2.56. The smallest absolute Gasteiger partial charge is 0.261 e. The van der Waals surface area contributed by atoms with E-state index < -0.39 is 24.0 Å². The van der Waals surface area contributed by atoms with Gasteiger partial charge in [-0.2, -0.15) is 0 Å². The van der Waals surface area contributed by atoms with Crippen molar-refractivity contribution in [2.45, 2.75) is 31.5 Å². The van der Waals surface area contributed by atoms with Gasteiger partial charge in [0.2, 0.25) is 5.91 Å². The molecule has 1 aliphatic rings. The summed E-state index contributed by atoms with van der Waals surface area (Å²) in [6.45, 7) is 0.758. The lowest BCUT2D eigenvalue weighted by Crippen LogP contribution is -2.49. The van der Waals surface area contributed by atoms with Gasteiger partial charge in [-0.1, -0.05) is 54.6 Å². The first kappa shape index (κ1) is 26.1. The molecule has 3 aromatic carbocycles. The summed E-state index contributed by atoms with van der Waals surface area (Å²) in [6, 6.07) is 23.3. The van der Waals surface area contributed by atoms with Gasteiger partial charge in [-0.15, -0.1) is 0 Å². The Morgan fingerprint density at radius 2 is 1.57 bits per heavy atom. The zero-order valence-corrected chi connectivity index (χ0v) is 20.7. The number of hydrogen-bond donors (Lipinski definition) is 3. The van der Waals surface area contributed by atoms with Crippen LogP contribution < -0.4 is 15.4 Å². The van der Waals surface area contributed by atoms with Crippen LogP contribution in [0.4, 0.5) is 0 Å². The zero-order valence-electron chi connectivity index (χ0n) is 20.7. The molecular formula is C29H31N3O5. The maximum Gasteiger partial charge on any atom is 0.261 e. The lowest BCUT2D eigenvalue weighted by Gasteiger charge is -2.25. The second-order valence-electron chi connectivity index (χ2n) is 8.97. The van der Waals surface area contributed by atoms with E-state index in [1.165, 1.54) is 0 Å². The molecule has 192 valence electrons. The Balaban J connectivity index is 1.34. The third-order valence-electron chi connectivity index (χ3n) is 6.37. The van der Waals surface area contributed by atoms with Crippen LogP contribution in [0.25, 0.3) is 0 Å². The van der Waals surface area contributed by atoms with Gasteiger partial charge in [0.1, 0.15) is 5.75 Å². The molecule has 0 bridgehead atoms. The Hall–Kier alpha value is -4.01. The molecular weight excluding hydrogens is 470 g/mol. The SMILES string of the molecule is COc1cccc(CNCC(O)C(Cc2ccccc2)NC(=O)CCN2C(=O)c3ccccc3C2=O)c1. The van der Waals surface area contributed by atoms with E-state index in [0.29, 0.717) is 24.1 Å². The van der Waals surface area contributed by atoms with E-state index in [2.05, 4.69) is 10.6 Å². The van der Waals surface area contributed by atoms with Crippen LogP contribution in [0.1, 0.15) is 38.3 Å². The molecule has 0 aliphatic carbocycles. The van der Waals surface area contributed by atoms with Gasteiger partial charge in [-0.3, -0.25) is 19.3 Å². The van der Waals surface area contributed by atoms with Gasteiger partial charge in [0.15, 0.2) is 0 Å². The first-order valence-electron chi connectivity index (χ1n) is 12.3.